The number of phenols is 2. The SMILES string of the molecule is Oc1cc(O)c(N2[CH]Nc3cc(C(F)(F)F)ccc32)cc1Cc1ccccc1. The number of benzene rings is 3. The molecule has 0 bridgehead atoms. The minimum Gasteiger partial charge on any atom is -0.508 e. The van der Waals surface area contributed by atoms with Crippen molar-refractivity contribution in [1.29, 1.82) is 0 Å². The molecule has 4 rings (SSSR count). The van der Waals surface area contributed by atoms with Crippen molar-refractivity contribution < 1.29 is 23.4 Å². The third-order valence-corrected chi connectivity index (χ3v) is 4.61. The topological polar surface area (TPSA) is 55.7 Å². The summed E-state index contributed by atoms with van der Waals surface area (Å²) in [6, 6.07) is 15.7. The Bertz CT molecular complexity index is 1020. The Morgan fingerprint density at radius 3 is 2.32 bits per heavy atom. The summed E-state index contributed by atoms with van der Waals surface area (Å²) in [7, 11) is 0. The Balaban J connectivity index is 1.70. The number of alkyl halides is 3. The van der Waals surface area contributed by atoms with Crippen molar-refractivity contribution in [2.24, 2.45) is 0 Å². The molecule has 0 unspecified atom stereocenters. The summed E-state index contributed by atoms with van der Waals surface area (Å²) in [6.45, 7) is 1.48. The number of hydrogen-bond donors (Lipinski definition) is 3. The zero-order valence-electron chi connectivity index (χ0n) is 14.5. The van der Waals surface area contributed by atoms with Gasteiger partial charge in [-0.3, -0.25) is 0 Å². The summed E-state index contributed by atoms with van der Waals surface area (Å²) in [5.74, 6) is -0.231. The van der Waals surface area contributed by atoms with E-state index < -0.39 is 11.7 Å². The Morgan fingerprint density at radius 1 is 0.857 bits per heavy atom. The van der Waals surface area contributed by atoms with Crippen LogP contribution in [0.2, 0.25) is 0 Å². The zero-order valence-corrected chi connectivity index (χ0v) is 14.5. The third-order valence-electron chi connectivity index (χ3n) is 4.61. The van der Waals surface area contributed by atoms with E-state index in [0.29, 0.717) is 23.4 Å². The van der Waals surface area contributed by atoms with Gasteiger partial charge in [-0.1, -0.05) is 30.3 Å². The molecule has 0 saturated heterocycles. The van der Waals surface area contributed by atoms with Crippen molar-refractivity contribution in [2.45, 2.75) is 12.6 Å². The zero-order chi connectivity index (χ0) is 19.9. The first-order valence-electron chi connectivity index (χ1n) is 8.52. The molecule has 4 nitrogen and oxygen atoms in total. The van der Waals surface area contributed by atoms with Crippen LogP contribution < -0.4 is 10.2 Å². The van der Waals surface area contributed by atoms with Gasteiger partial charge in [0.1, 0.15) is 18.2 Å². The number of anilines is 3. The predicted octanol–water partition coefficient (Wildman–Crippen LogP) is 5.39. The van der Waals surface area contributed by atoms with Crippen LogP contribution in [0.1, 0.15) is 16.7 Å². The maximum absolute atomic E-state index is 12.9. The fraction of sp³-hybridized carbons (Fsp3) is 0.0952. The normalized spacial score (nSPS) is 13.3. The molecule has 0 fully saturated rings. The van der Waals surface area contributed by atoms with E-state index in [1.54, 1.807) is 11.0 Å². The van der Waals surface area contributed by atoms with E-state index in [0.717, 1.165) is 17.7 Å². The summed E-state index contributed by atoms with van der Waals surface area (Å²) in [4.78, 5) is 1.55. The number of aromatic hydroxyl groups is 2. The van der Waals surface area contributed by atoms with Crippen LogP contribution in [0.5, 0.6) is 11.5 Å². The van der Waals surface area contributed by atoms with E-state index in [1.165, 1.54) is 18.8 Å². The minimum atomic E-state index is -4.44. The van der Waals surface area contributed by atoms with Gasteiger partial charge >= 0.3 is 6.18 Å². The smallest absolute Gasteiger partial charge is 0.416 e. The highest BCUT2D eigenvalue weighted by atomic mass is 19.4. The van der Waals surface area contributed by atoms with Crippen LogP contribution in [0.25, 0.3) is 0 Å². The van der Waals surface area contributed by atoms with Gasteiger partial charge in [0.05, 0.1) is 22.6 Å². The summed E-state index contributed by atoms with van der Waals surface area (Å²) in [5, 5.41) is 23.3. The minimum absolute atomic E-state index is 0.0510. The van der Waals surface area contributed by atoms with E-state index >= 15 is 0 Å². The predicted molar refractivity (Wildman–Crippen MR) is 101 cm³/mol. The number of rotatable bonds is 3. The van der Waals surface area contributed by atoms with E-state index in [2.05, 4.69) is 5.32 Å². The van der Waals surface area contributed by atoms with Crippen molar-refractivity contribution in [3.05, 3.63) is 84.0 Å². The van der Waals surface area contributed by atoms with E-state index in [9.17, 15) is 23.4 Å². The van der Waals surface area contributed by atoms with Gasteiger partial charge < -0.3 is 20.4 Å². The second kappa shape index (κ2) is 6.67. The number of fused-ring (bicyclic) bond motifs is 1. The van der Waals surface area contributed by atoms with E-state index in [-0.39, 0.29) is 17.2 Å². The number of nitrogens with zero attached hydrogens (tertiary/aromatic N) is 1. The number of hydrogen-bond acceptors (Lipinski definition) is 4. The van der Waals surface area contributed by atoms with Crippen LogP contribution in [0.3, 0.4) is 0 Å². The lowest BCUT2D eigenvalue weighted by atomic mass is 10.0. The van der Waals surface area contributed by atoms with Gasteiger partial charge in [-0.05, 0) is 29.8 Å². The molecule has 28 heavy (non-hydrogen) atoms. The lowest BCUT2D eigenvalue weighted by Gasteiger charge is -2.20. The summed E-state index contributed by atoms with van der Waals surface area (Å²) in [5.41, 5.74) is 1.93. The summed E-state index contributed by atoms with van der Waals surface area (Å²) >= 11 is 0. The van der Waals surface area contributed by atoms with Crippen molar-refractivity contribution >= 4 is 17.1 Å². The molecule has 1 radical (unpaired) electrons. The molecule has 3 N–H and O–H groups in total. The van der Waals surface area contributed by atoms with Crippen LogP contribution in [-0.2, 0) is 12.6 Å². The van der Waals surface area contributed by atoms with Crippen LogP contribution in [0.4, 0.5) is 30.2 Å². The van der Waals surface area contributed by atoms with Gasteiger partial charge in [-0.15, -0.1) is 0 Å². The molecule has 0 saturated carbocycles. The van der Waals surface area contributed by atoms with Crippen molar-refractivity contribution in [3.8, 4) is 11.5 Å². The highest BCUT2D eigenvalue weighted by molar-refractivity contribution is 5.86. The molecule has 0 spiro atoms. The Hall–Kier alpha value is -3.35. The molecule has 0 aromatic heterocycles. The highest BCUT2D eigenvalue weighted by Crippen LogP contribution is 2.46. The van der Waals surface area contributed by atoms with Crippen LogP contribution >= 0.6 is 0 Å². The number of phenolic OH excluding ortho intramolecular Hbond substituents is 2. The third kappa shape index (κ3) is 3.31. The second-order valence-electron chi connectivity index (χ2n) is 6.51. The standard InChI is InChI=1S/C21H16F3N2O2/c22-21(23,24)15-6-7-17-16(10-15)25-12-26(17)18-9-14(19(27)11-20(18)28)8-13-4-2-1-3-5-13/h1-7,9-12,25,27-28H,8H2. The lowest BCUT2D eigenvalue weighted by molar-refractivity contribution is -0.137. The Labute approximate surface area is 159 Å². The molecule has 1 aliphatic rings. The van der Waals surface area contributed by atoms with Gasteiger partial charge in [0.15, 0.2) is 0 Å². The van der Waals surface area contributed by atoms with Crippen LogP contribution in [0, 0.1) is 6.67 Å². The summed E-state index contributed by atoms with van der Waals surface area (Å²) in [6.07, 6.45) is -3.99. The lowest BCUT2D eigenvalue weighted by Crippen LogP contribution is -2.11. The number of halogens is 3. The van der Waals surface area contributed by atoms with Crippen molar-refractivity contribution in [1.82, 2.24) is 0 Å². The molecule has 7 heteroatoms. The molecule has 1 heterocycles. The maximum Gasteiger partial charge on any atom is 0.416 e. The molecular weight excluding hydrogens is 369 g/mol. The molecule has 1 aliphatic heterocycles. The van der Waals surface area contributed by atoms with E-state index in [4.69, 9.17) is 0 Å². The van der Waals surface area contributed by atoms with Gasteiger partial charge in [0.2, 0.25) is 0 Å². The summed E-state index contributed by atoms with van der Waals surface area (Å²) < 4.78 is 38.8. The molecule has 3 aromatic rings. The van der Waals surface area contributed by atoms with Gasteiger partial charge in [0.25, 0.3) is 0 Å². The molecular formula is C21H16F3N2O2. The second-order valence-corrected chi connectivity index (χ2v) is 6.51. The van der Waals surface area contributed by atoms with Crippen molar-refractivity contribution in [3.63, 3.8) is 0 Å². The first kappa shape index (κ1) is 18.0. The Kier molecular flexibility index (Phi) is 4.30. The molecule has 143 valence electrons. The van der Waals surface area contributed by atoms with Gasteiger partial charge in [0, 0.05) is 18.1 Å². The molecule has 0 amide bonds. The monoisotopic (exact) mass is 385 g/mol. The quantitative estimate of drug-likeness (QED) is 0.566. The first-order chi connectivity index (χ1) is 13.3. The molecule has 0 atom stereocenters. The Morgan fingerprint density at radius 2 is 1.61 bits per heavy atom. The van der Waals surface area contributed by atoms with Crippen LogP contribution in [0.15, 0.2) is 60.7 Å². The fourth-order valence-electron chi connectivity index (χ4n) is 3.20. The first-order valence-corrected chi connectivity index (χ1v) is 8.52. The average Bonchev–Trinajstić information content (AvgIpc) is 3.07. The van der Waals surface area contributed by atoms with Crippen molar-refractivity contribution in [2.75, 3.05) is 10.2 Å². The van der Waals surface area contributed by atoms with Gasteiger partial charge in [-0.25, -0.2) is 0 Å². The highest BCUT2D eigenvalue weighted by Gasteiger charge is 2.33. The molecule has 3 aromatic carbocycles. The largest absolute Gasteiger partial charge is 0.508 e. The average molecular weight is 385 g/mol. The maximum atomic E-state index is 12.9. The fourth-order valence-corrected chi connectivity index (χ4v) is 3.20. The van der Waals surface area contributed by atoms with Gasteiger partial charge in [-0.2, -0.15) is 13.2 Å². The van der Waals surface area contributed by atoms with Crippen LogP contribution in [-0.4, -0.2) is 10.2 Å². The number of nitrogens with one attached hydrogen (secondary N) is 1. The van der Waals surface area contributed by atoms with E-state index in [1.807, 2.05) is 30.3 Å². The molecule has 0 aliphatic carbocycles.